The number of alkyl halides is 1. The van der Waals surface area contributed by atoms with Gasteiger partial charge in [-0.15, -0.1) is 0 Å². The van der Waals surface area contributed by atoms with E-state index in [1.165, 1.54) is 4.90 Å². The summed E-state index contributed by atoms with van der Waals surface area (Å²) in [5.41, 5.74) is -1.60. The van der Waals surface area contributed by atoms with Crippen LogP contribution in [0.5, 0.6) is 0 Å². The Morgan fingerprint density at radius 1 is 1.38 bits per heavy atom. The number of nitro groups is 1. The van der Waals surface area contributed by atoms with E-state index in [1.807, 2.05) is 0 Å². The van der Waals surface area contributed by atoms with E-state index in [4.69, 9.17) is 0 Å². The maximum Gasteiger partial charge on any atom is 0.308 e. The van der Waals surface area contributed by atoms with E-state index in [2.05, 4.69) is 15.9 Å². The number of halogens is 3. The Morgan fingerprint density at radius 3 is 2.52 bits per heavy atom. The fourth-order valence-electron chi connectivity index (χ4n) is 2.32. The van der Waals surface area contributed by atoms with Crippen molar-refractivity contribution in [3.05, 3.63) is 39.4 Å². The lowest BCUT2D eigenvalue weighted by molar-refractivity contribution is -0.387. The van der Waals surface area contributed by atoms with Crippen LogP contribution in [0, 0.1) is 27.7 Å². The summed E-state index contributed by atoms with van der Waals surface area (Å²) >= 11 is 3.37. The minimum atomic E-state index is -1.28. The van der Waals surface area contributed by atoms with Crippen molar-refractivity contribution in [2.24, 2.45) is 5.92 Å². The minimum Gasteiger partial charge on any atom is -0.339 e. The highest BCUT2D eigenvalue weighted by molar-refractivity contribution is 9.09. The summed E-state index contributed by atoms with van der Waals surface area (Å²) in [5.74, 6) is -2.54. The van der Waals surface area contributed by atoms with Gasteiger partial charge in [-0.3, -0.25) is 14.9 Å². The molecule has 5 nitrogen and oxygen atoms in total. The Kier molecular flexibility index (Phi) is 4.87. The van der Waals surface area contributed by atoms with Crippen molar-refractivity contribution in [3.8, 4) is 0 Å². The van der Waals surface area contributed by atoms with Crippen LogP contribution in [0.1, 0.15) is 23.2 Å². The summed E-state index contributed by atoms with van der Waals surface area (Å²) < 4.78 is 27.4. The van der Waals surface area contributed by atoms with Gasteiger partial charge in [0.15, 0.2) is 0 Å². The molecule has 1 aromatic carbocycles. The third kappa shape index (κ3) is 3.37. The molecule has 1 amide bonds. The average Bonchev–Trinajstić information content (AvgIpc) is 2.48. The van der Waals surface area contributed by atoms with Gasteiger partial charge in [0.2, 0.25) is 5.82 Å². The molecule has 1 fully saturated rings. The first-order chi connectivity index (χ1) is 9.93. The van der Waals surface area contributed by atoms with E-state index >= 15 is 0 Å². The molecular weight excluding hydrogens is 350 g/mol. The molecule has 0 aromatic heterocycles. The second kappa shape index (κ2) is 6.46. The number of amides is 1. The predicted octanol–water partition coefficient (Wildman–Crippen LogP) is 3.12. The third-order valence-corrected chi connectivity index (χ3v) is 4.48. The lowest BCUT2D eigenvalue weighted by Gasteiger charge is -2.31. The molecule has 114 valence electrons. The van der Waals surface area contributed by atoms with Crippen LogP contribution in [0.25, 0.3) is 0 Å². The number of hydrogen-bond donors (Lipinski definition) is 0. The number of nitrogens with zero attached hydrogens (tertiary/aromatic N) is 2. The van der Waals surface area contributed by atoms with Crippen LogP contribution >= 0.6 is 15.9 Å². The molecule has 0 unspecified atom stereocenters. The molecule has 1 aliphatic rings. The smallest absolute Gasteiger partial charge is 0.308 e. The molecule has 0 atom stereocenters. The van der Waals surface area contributed by atoms with Crippen molar-refractivity contribution in [1.29, 1.82) is 0 Å². The first-order valence-corrected chi connectivity index (χ1v) is 7.55. The molecule has 0 N–H and O–H groups in total. The van der Waals surface area contributed by atoms with Crippen LogP contribution in [0.2, 0.25) is 0 Å². The number of nitro benzene ring substituents is 1. The highest BCUT2D eigenvalue weighted by Gasteiger charge is 2.29. The van der Waals surface area contributed by atoms with Gasteiger partial charge in [0.25, 0.3) is 5.91 Å². The van der Waals surface area contributed by atoms with Gasteiger partial charge < -0.3 is 4.90 Å². The van der Waals surface area contributed by atoms with Crippen LogP contribution < -0.4 is 0 Å². The van der Waals surface area contributed by atoms with Gasteiger partial charge in [0.1, 0.15) is 5.82 Å². The van der Waals surface area contributed by atoms with Gasteiger partial charge in [-0.1, -0.05) is 15.9 Å². The van der Waals surface area contributed by atoms with Crippen molar-refractivity contribution < 1.29 is 18.5 Å². The molecule has 0 saturated carbocycles. The summed E-state index contributed by atoms with van der Waals surface area (Å²) in [5, 5.41) is 11.5. The summed E-state index contributed by atoms with van der Waals surface area (Å²) in [6.07, 6.45) is 1.52. The van der Waals surface area contributed by atoms with Crippen molar-refractivity contribution in [1.82, 2.24) is 4.90 Å². The highest BCUT2D eigenvalue weighted by atomic mass is 79.9. The summed E-state index contributed by atoms with van der Waals surface area (Å²) in [4.78, 5) is 23.3. The number of carbonyl (C=O) groups excluding carboxylic acids is 1. The fraction of sp³-hybridized carbons (Fsp3) is 0.462. The van der Waals surface area contributed by atoms with E-state index in [0.29, 0.717) is 31.1 Å². The average molecular weight is 363 g/mol. The van der Waals surface area contributed by atoms with E-state index in [9.17, 15) is 23.7 Å². The Labute approximate surface area is 128 Å². The van der Waals surface area contributed by atoms with Gasteiger partial charge in [-0.2, -0.15) is 4.39 Å². The van der Waals surface area contributed by atoms with Crippen LogP contribution in [0.15, 0.2) is 12.1 Å². The normalized spacial score (nSPS) is 16.0. The molecular formula is C13H13BrF2N2O3. The van der Waals surface area contributed by atoms with E-state index in [1.54, 1.807) is 0 Å². The number of hydrogen-bond acceptors (Lipinski definition) is 3. The molecule has 1 aromatic rings. The molecule has 0 aliphatic carbocycles. The number of benzene rings is 1. The van der Waals surface area contributed by atoms with Gasteiger partial charge in [0.05, 0.1) is 16.6 Å². The topological polar surface area (TPSA) is 63.4 Å². The fourth-order valence-corrected chi connectivity index (χ4v) is 2.97. The minimum absolute atomic E-state index is 0.429. The Morgan fingerprint density at radius 2 is 2.00 bits per heavy atom. The zero-order valence-electron chi connectivity index (χ0n) is 11.0. The second-order valence-corrected chi connectivity index (χ2v) is 5.58. The maximum atomic E-state index is 14.0. The largest absolute Gasteiger partial charge is 0.339 e. The van der Waals surface area contributed by atoms with Crippen LogP contribution in [-0.2, 0) is 0 Å². The Balaban J connectivity index is 2.26. The van der Waals surface area contributed by atoms with Crippen LogP contribution in [0.3, 0.4) is 0 Å². The molecule has 1 aliphatic heterocycles. The summed E-state index contributed by atoms with van der Waals surface area (Å²) in [6.45, 7) is 0.859. The Bertz CT molecular complexity index is 575. The quantitative estimate of drug-likeness (QED) is 0.471. The third-order valence-electron chi connectivity index (χ3n) is 3.57. The van der Waals surface area contributed by atoms with Crippen molar-refractivity contribution in [3.63, 3.8) is 0 Å². The number of piperidine rings is 1. The van der Waals surface area contributed by atoms with Crippen LogP contribution in [-0.4, -0.2) is 34.2 Å². The molecule has 0 radical (unpaired) electrons. The molecule has 8 heteroatoms. The van der Waals surface area contributed by atoms with E-state index in [-0.39, 0.29) is 0 Å². The summed E-state index contributed by atoms with van der Waals surface area (Å²) in [7, 11) is 0. The number of likely N-dealkylation sites (tertiary alicyclic amines) is 1. The van der Waals surface area contributed by atoms with E-state index in [0.717, 1.165) is 18.2 Å². The molecule has 2 rings (SSSR count). The first-order valence-electron chi connectivity index (χ1n) is 6.42. The molecule has 1 heterocycles. The Hall–Kier alpha value is -1.57. The zero-order valence-corrected chi connectivity index (χ0v) is 12.6. The molecule has 21 heavy (non-hydrogen) atoms. The van der Waals surface area contributed by atoms with Crippen molar-refractivity contribution in [2.75, 3.05) is 18.4 Å². The number of carbonyl (C=O) groups is 1. The van der Waals surface area contributed by atoms with Gasteiger partial charge in [-0.25, -0.2) is 4.39 Å². The van der Waals surface area contributed by atoms with Gasteiger partial charge >= 0.3 is 5.69 Å². The van der Waals surface area contributed by atoms with Crippen molar-refractivity contribution >= 4 is 27.5 Å². The van der Waals surface area contributed by atoms with Crippen LogP contribution in [0.4, 0.5) is 14.5 Å². The second-order valence-electron chi connectivity index (χ2n) is 4.93. The zero-order chi connectivity index (χ0) is 15.6. The first kappa shape index (κ1) is 15.8. The lowest BCUT2D eigenvalue weighted by Crippen LogP contribution is -2.39. The van der Waals surface area contributed by atoms with Gasteiger partial charge in [-0.05, 0) is 24.8 Å². The maximum absolute atomic E-state index is 14.0. The number of rotatable bonds is 3. The molecule has 0 bridgehead atoms. The monoisotopic (exact) mass is 362 g/mol. The SMILES string of the molecule is O=C(c1cc(F)cc([N+](=O)[O-])c1F)N1CCC(CBr)CC1. The predicted molar refractivity (Wildman–Crippen MR) is 75.4 cm³/mol. The molecule has 0 spiro atoms. The van der Waals surface area contributed by atoms with Gasteiger partial charge in [0, 0.05) is 18.4 Å². The van der Waals surface area contributed by atoms with Crippen molar-refractivity contribution in [2.45, 2.75) is 12.8 Å². The highest BCUT2D eigenvalue weighted by Crippen LogP contribution is 2.26. The van der Waals surface area contributed by atoms with E-state index < -0.39 is 33.7 Å². The molecule has 1 saturated heterocycles. The lowest BCUT2D eigenvalue weighted by atomic mass is 9.98. The summed E-state index contributed by atoms with van der Waals surface area (Å²) in [6, 6.07) is 1.18. The standard InChI is InChI=1S/C13H13BrF2N2O3/c14-7-8-1-3-17(4-2-8)13(19)10-5-9(15)6-11(12(10)16)18(20)21/h5-6,8H,1-4,7H2.